The molecule has 1 fully saturated rings. The highest BCUT2D eigenvalue weighted by atomic mass is 16.5. The monoisotopic (exact) mass is 558 g/mol. The molecule has 5 rings (SSSR count). The molecule has 9 nitrogen and oxygen atoms in total. The number of aliphatic carboxylic acids is 1. The Bertz CT molecular complexity index is 1330. The summed E-state index contributed by atoms with van der Waals surface area (Å²) in [6.45, 7) is 2.44. The number of ether oxygens (including phenoxy) is 3. The van der Waals surface area contributed by atoms with Crippen LogP contribution >= 0.6 is 0 Å². The van der Waals surface area contributed by atoms with E-state index < -0.39 is 36.0 Å². The van der Waals surface area contributed by atoms with Crippen LogP contribution in [0.25, 0.3) is 11.1 Å². The van der Waals surface area contributed by atoms with Crippen LogP contribution in [0.4, 0.5) is 4.79 Å². The third-order valence-corrected chi connectivity index (χ3v) is 7.63. The Morgan fingerprint density at radius 3 is 2.27 bits per heavy atom. The third kappa shape index (κ3) is 6.58. The zero-order chi connectivity index (χ0) is 28.8. The number of carboxylic acid groups (broad SMARTS) is 1. The Morgan fingerprint density at radius 2 is 1.61 bits per heavy atom. The minimum atomic E-state index is -1.10. The van der Waals surface area contributed by atoms with Crippen molar-refractivity contribution in [1.29, 1.82) is 0 Å². The number of hydrogen-bond donors (Lipinski definition) is 2. The molecule has 2 amide bonds. The van der Waals surface area contributed by atoms with Crippen LogP contribution in [-0.2, 0) is 30.4 Å². The number of carbonyl (C=O) groups is 3. The van der Waals surface area contributed by atoms with Crippen molar-refractivity contribution in [2.75, 3.05) is 32.9 Å². The van der Waals surface area contributed by atoms with Gasteiger partial charge in [-0.15, -0.1) is 0 Å². The van der Waals surface area contributed by atoms with Gasteiger partial charge < -0.3 is 29.5 Å². The maximum atomic E-state index is 13.7. The summed E-state index contributed by atoms with van der Waals surface area (Å²) in [6.07, 6.45) is -1.48. The lowest BCUT2D eigenvalue weighted by Gasteiger charge is -2.30. The summed E-state index contributed by atoms with van der Waals surface area (Å²) in [5.41, 5.74) is 5.31. The molecule has 41 heavy (non-hydrogen) atoms. The fourth-order valence-electron chi connectivity index (χ4n) is 5.40. The first-order valence-corrected chi connectivity index (χ1v) is 13.8. The van der Waals surface area contributed by atoms with Crippen molar-refractivity contribution in [3.8, 4) is 11.1 Å². The van der Waals surface area contributed by atoms with Crippen LogP contribution in [0, 0.1) is 5.92 Å². The quantitative estimate of drug-likeness (QED) is 0.407. The number of benzene rings is 3. The van der Waals surface area contributed by atoms with Gasteiger partial charge in [-0.2, -0.15) is 0 Å². The summed E-state index contributed by atoms with van der Waals surface area (Å²) in [5, 5.41) is 12.3. The molecule has 214 valence electrons. The highest BCUT2D eigenvalue weighted by molar-refractivity contribution is 5.87. The molecule has 9 heteroatoms. The van der Waals surface area contributed by atoms with Crippen molar-refractivity contribution in [2.45, 2.75) is 31.6 Å². The number of carbonyl (C=O) groups excluding carboxylic acids is 2. The molecule has 2 N–H and O–H groups in total. The molecule has 0 bridgehead atoms. The average Bonchev–Trinajstić information content (AvgIpc) is 3.12. The van der Waals surface area contributed by atoms with Gasteiger partial charge >= 0.3 is 12.1 Å². The molecule has 2 aliphatic rings. The lowest BCUT2D eigenvalue weighted by Crippen LogP contribution is -2.55. The zero-order valence-electron chi connectivity index (χ0n) is 22.9. The Morgan fingerprint density at radius 1 is 0.976 bits per heavy atom. The normalized spacial score (nSPS) is 18.0. The lowest BCUT2D eigenvalue weighted by molar-refractivity contribution is -0.145. The van der Waals surface area contributed by atoms with Crippen LogP contribution in [0.1, 0.15) is 29.5 Å². The van der Waals surface area contributed by atoms with Gasteiger partial charge in [-0.3, -0.25) is 9.59 Å². The Labute approximate surface area is 239 Å². The minimum absolute atomic E-state index is 0.0175. The molecular weight excluding hydrogens is 524 g/mol. The third-order valence-electron chi connectivity index (χ3n) is 7.63. The predicted molar refractivity (Wildman–Crippen MR) is 151 cm³/mol. The molecule has 1 aliphatic heterocycles. The summed E-state index contributed by atoms with van der Waals surface area (Å²) in [7, 11) is 0. The van der Waals surface area contributed by atoms with Gasteiger partial charge in [-0.05, 0) is 34.7 Å². The second kappa shape index (κ2) is 13.0. The molecule has 0 spiro atoms. The van der Waals surface area contributed by atoms with E-state index in [2.05, 4.69) is 17.4 Å². The van der Waals surface area contributed by atoms with E-state index >= 15 is 0 Å². The van der Waals surface area contributed by atoms with Gasteiger partial charge in [-0.1, -0.05) is 78.9 Å². The fraction of sp³-hybridized carbons (Fsp3) is 0.344. The van der Waals surface area contributed by atoms with Gasteiger partial charge in [-0.25, -0.2) is 4.79 Å². The van der Waals surface area contributed by atoms with Gasteiger partial charge in [0.25, 0.3) is 0 Å². The van der Waals surface area contributed by atoms with E-state index in [4.69, 9.17) is 14.2 Å². The number of amides is 2. The molecule has 0 aromatic heterocycles. The number of nitrogens with one attached hydrogen (secondary N) is 1. The van der Waals surface area contributed by atoms with Gasteiger partial charge in [0, 0.05) is 19.0 Å². The Balaban J connectivity index is 1.30. The van der Waals surface area contributed by atoms with Crippen molar-refractivity contribution in [1.82, 2.24) is 10.2 Å². The largest absolute Gasteiger partial charge is 0.481 e. The smallest absolute Gasteiger partial charge is 0.407 e. The van der Waals surface area contributed by atoms with Crippen molar-refractivity contribution in [3.05, 3.63) is 95.6 Å². The van der Waals surface area contributed by atoms with E-state index in [0.29, 0.717) is 0 Å². The van der Waals surface area contributed by atoms with E-state index in [1.165, 1.54) is 4.90 Å². The number of alkyl carbamates (subject to hydrolysis) is 1. The van der Waals surface area contributed by atoms with Gasteiger partial charge in [0.05, 0.1) is 31.8 Å². The van der Waals surface area contributed by atoms with E-state index in [0.717, 1.165) is 27.8 Å². The number of fused-ring (bicyclic) bond motifs is 3. The molecule has 3 atom stereocenters. The summed E-state index contributed by atoms with van der Waals surface area (Å²) >= 11 is 0. The van der Waals surface area contributed by atoms with Gasteiger partial charge in [0.2, 0.25) is 5.91 Å². The summed E-state index contributed by atoms with van der Waals surface area (Å²) in [6, 6.07) is 24.5. The number of nitrogens with zero attached hydrogens (tertiary/aromatic N) is 1. The summed E-state index contributed by atoms with van der Waals surface area (Å²) in [5.74, 6) is -2.49. The molecule has 1 unspecified atom stereocenters. The second-order valence-electron chi connectivity index (χ2n) is 10.3. The van der Waals surface area contributed by atoms with Crippen molar-refractivity contribution >= 4 is 18.0 Å². The van der Waals surface area contributed by atoms with Crippen LogP contribution in [0.15, 0.2) is 78.9 Å². The highest BCUT2D eigenvalue weighted by Gasteiger charge is 2.36. The van der Waals surface area contributed by atoms with E-state index in [1.807, 2.05) is 66.7 Å². The predicted octanol–water partition coefficient (Wildman–Crippen LogP) is 4.06. The molecule has 1 aliphatic carbocycles. The maximum Gasteiger partial charge on any atom is 0.407 e. The maximum absolute atomic E-state index is 13.7. The van der Waals surface area contributed by atoms with Crippen LogP contribution in [-0.4, -0.2) is 73.0 Å². The fourth-order valence-corrected chi connectivity index (χ4v) is 5.40. The molecule has 1 heterocycles. The standard InChI is InChI=1S/C32H34N2O7/c1-21(40-18-22-9-3-2-4-10-22)29(30(35)34-15-16-39-19-23(17-34)31(36)37)33-32(38)41-20-28-26-13-7-5-11-24(26)25-12-6-8-14-27(25)28/h2-14,21,23,28-29H,15-20H2,1H3,(H,33,38)(H,36,37)/t21-,23?,29+/m0/s1. The Hall–Kier alpha value is -4.21. The average molecular weight is 559 g/mol. The topological polar surface area (TPSA) is 114 Å². The van der Waals surface area contributed by atoms with Crippen molar-refractivity contribution in [3.63, 3.8) is 0 Å². The van der Waals surface area contributed by atoms with E-state index in [-0.39, 0.29) is 45.4 Å². The molecular formula is C32H34N2O7. The first kappa shape index (κ1) is 28.3. The summed E-state index contributed by atoms with van der Waals surface area (Å²) in [4.78, 5) is 40.0. The Kier molecular flexibility index (Phi) is 8.96. The van der Waals surface area contributed by atoms with Crippen LogP contribution in [0.5, 0.6) is 0 Å². The first-order chi connectivity index (χ1) is 19.9. The number of hydrogen-bond acceptors (Lipinski definition) is 6. The SMILES string of the molecule is C[C@H](OCc1ccccc1)[C@@H](NC(=O)OCC1c2ccccc2-c2ccccc21)C(=O)N1CCOCC(C(=O)O)C1. The molecule has 3 aromatic rings. The van der Waals surface area contributed by atoms with E-state index in [1.54, 1.807) is 6.92 Å². The van der Waals surface area contributed by atoms with Crippen molar-refractivity contribution in [2.24, 2.45) is 5.92 Å². The van der Waals surface area contributed by atoms with Crippen LogP contribution in [0.2, 0.25) is 0 Å². The molecule has 0 radical (unpaired) electrons. The van der Waals surface area contributed by atoms with Crippen molar-refractivity contribution < 1.29 is 33.7 Å². The van der Waals surface area contributed by atoms with Gasteiger partial charge in [0.1, 0.15) is 12.6 Å². The molecule has 1 saturated heterocycles. The second-order valence-corrected chi connectivity index (χ2v) is 10.3. The lowest BCUT2D eigenvalue weighted by atomic mass is 9.98. The number of rotatable bonds is 9. The molecule has 3 aromatic carbocycles. The highest BCUT2D eigenvalue weighted by Crippen LogP contribution is 2.44. The minimum Gasteiger partial charge on any atom is -0.481 e. The van der Waals surface area contributed by atoms with Crippen LogP contribution in [0.3, 0.4) is 0 Å². The van der Waals surface area contributed by atoms with E-state index in [9.17, 15) is 19.5 Å². The molecule has 0 saturated carbocycles. The zero-order valence-corrected chi connectivity index (χ0v) is 22.9. The first-order valence-electron chi connectivity index (χ1n) is 13.8. The summed E-state index contributed by atoms with van der Waals surface area (Å²) < 4.78 is 17.1. The van der Waals surface area contributed by atoms with Crippen LogP contribution < -0.4 is 5.32 Å². The number of carboxylic acids is 1. The van der Waals surface area contributed by atoms with Gasteiger partial charge in [0.15, 0.2) is 0 Å².